The highest BCUT2D eigenvalue weighted by Gasteiger charge is 2.19. The number of hydrogen-bond acceptors (Lipinski definition) is 4. The average Bonchev–Trinajstić information content (AvgIpc) is 3.22. The van der Waals surface area contributed by atoms with Gasteiger partial charge < -0.3 is 15.0 Å². The zero-order valence-corrected chi connectivity index (χ0v) is 17.6. The maximum Gasteiger partial charge on any atom is 0.203 e. The van der Waals surface area contributed by atoms with E-state index in [0.29, 0.717) is 5.69 Å². The number of pyridine rings is 1. The van der Waals surface area contributed by atoms with Gasteiger partial charge in [0.15, 0.2) is 0 Å². The summed E-state index contributed by atoms with van der Waals surface area (Å²) in [5, 5.41) is 10.4. The van der Waals surface area contributed by atoms with Crippen LogP contribution < -0.4 is 4.90 Å². The lowest BCUT2D eigenvalue weighted by Crippen LogP contribution is -2.36. The molecule has 0 amide bonds. The van der Waals surface area contributed by atoms with Crippen molar-refractivity contribution in [3.8, 4) is 23.0 Å². The molecule has 1 fully saturated rings. The molecule has 4 aromatic rings. The molecule has 31 heavy (non-hydrogen) atoms. The molecule has 0 radical (unpaired) electrons. The van der Waals surface area contributed by atoms with E-state index in [0.717, 1.165) is 64.6 Å². The maximum absolute atomic E-state index is 9.70. The summed E-state index contributed by atoms with van der Waals surface area (Å²) in [6.45, 7) is 1.62. The van der Waals surface area contributed by atoms with Crippen molar-refractivity contribution in [2.45, 2.75) is 18.9 Å². The van der Waals surface area contributed by atoms with Gasteiger partial charge in [0.25, 0.3) is 0 Å². The molecule has 2 N–H and O–H groups in total. The van der Waals surface area contributed by atoms with Crippen molar-refractivity contribution in [2.75, 3.05) is 18.0 Å². The van der Waals surface area contributed by atoms with Crippen molar-refractivity contribution >= 4 is 28.6 Å². The van der Waals surface area contributed by atoms with Crippen LogP contribution in [0, 0.1) is 11.8 Å². The molecular formula is C25H21ClN4O. The van der Waals surface area contributed by atoms with E-state index in [1.165, 1.54) is 0 Å². The molecular weight excluding hydrogens is 408 g/mol. The molecule has 2 aromatic carbocycles. The van der Waals surface area contributed by atoms with Crippen LogP contribution in [0.5, 0.6) is 0 Å². The first kappa shape index (κ1) is 19.6. The third kappa shape index (κ3) is 4.41. The monoisotopic (exact) mass is 428 g/mol. The zero-order valence-electron chi connectivity index (χ0n) is 16.8. The van der Waals surface area contributed by atoms with Gasteiger partial charge in [0.05, 0.1) is 17.1 Å². The number of aromatic amines is 1. The molecule has 1 aliphatic heterocycles. The van der Waals surface area contributed by atoms with Crippen LogP contribution in [-0.2, 0) is 0 Å². The number of rotatable bonds is 2. The Labute approximate surface area is 185 Å². The van der Waals surface area contributed by atoms with Crippen LogP contribution in [0.25, 0.3) is 22.2 Å². The minimum Gasteiger partial charge on any atom is -0.393 e. The van der Waals surface area contributed by atoms with Crippen molar-refractivity contribution in [1.82, 2.24) is 15.0 Å². The smallest absolute Gasteiger partial charge is 0.203 e. The third-order valence-electron chi connectivity index (χ3n) is 5.51. The maximum atomic E-state index is 9.70. The molecule has 5 rings (SSSR count). The van der Waals surface area contributed by atoms with Crippen molar-refractivity contribution in [1.29, 1.82) is 0 Å². The predicted molar refractivity (Wildman–Crippen MR) is 124 cm³/mol. The molecule has 0 spiro atoms. The summed E-state index contributed by atoms with van der Waals surface area (Å²) in [5.41, 5.74) is 5.57. The van der Waals surface area contributed by atoms with Gasteiger partial charge >= 0.3 is 0 Å². The van der Waals surface area contributed by atoms with E-state index in [4.69, 9.17) is 16.6 Å². The standard InChI is InChI=1S/C25H21ClN4O/c26-20-6-3-18(4-7-20)19-5-9-21(27-16-19)8-1-17-2-10-23-24(15-17)29-25(28-23)30-13-11-22(31)12-14-30/h2-7,9-10,15-16,22,31H,11-14H2,(H,28,29). The molecule has 0 atom stereocenters. The summed E-state index contributed by atoms with van der Waals surface area (Å²) in [4.78, 5) is 14.8. The highest BCUT2D eigenvalue weighted by molar-refractivity contribution is 6.30. The van der Waals surface area contributed by atoms with Crippen LogP contribution in [0.1, 0.15) is 24.1 Å². The van der Waals surface area contributed by atoms with Crippen molar-refractivity contribution in [2.24, 2.45) is 0 Å². The summed E-state index contributed by atoms with van der Waals surface area (Å²) < 4.78 is 0. The van der Waals surface area contributed by atoms with Gasteiger partial charge in [0, 0.05) is 35.4 Å². The third-order valence-corrected chi connectivity index (χ3v) is 5.76. The van der Waals surface area contributed by atoms with E-state index in [9.17, 15) is 5.11 Å². The molecule has 3 heterocycles. The van der Waals surface area contributed by atoms with Gasteiger partial charge in [-0.1, -0.05) is 35.7 Å². The molecule has 6 heteroatoms. The number of aromatic nitrogens is 3. The SMILES string of the molecule is OC1CCN(c2nc3cc(C#Cc4ccc(-c5ccc(Cl)cc5)cn4)ccc3[nH]2)CC1. The summed E-state index contributed by atoms with van der Waals surface area (Å²) >= 11 is 5.95. The molecule has 0 saturated carbocycles. The lowest BCUT2D eigenvalue weighted by atomic mass is 10.1. The molecule has 0 unspecified atom stereocenters. The minimum atomic E-state index is -0.198. The molecule has 1 aliphatic rings. The number of anilines is 1. The number of aliphatic hydroxyl groups excluding tert-OH is 1. The second-order valence-electron chi connectivity index (χ2n) is 7.70. The molecule has 5 nitrogen and oxygen atoms in total. The van der Waals surface area contributed by atoms with Gasteiger partial charge in [-0.3, -0.25) is 0 Å². The number of benzene rings is 2. The number of hydrogen-bond donors (Lipinski definition) is 2. The number of halogens is 1. The highest BCUT2D eigenvalue weighted by Crippen LogP contribution is 2.22. The number of H-pyrrole nitrogens is 1. The Kier molecular flexibility index (Phi) is 5.33. The molecule has 154 valence electrons. The Bertz CT molecular complexity index is 1260. The molecule has 0 aliphatic carbocycles. The Morgan fingerprint density at radius 1 is 0.968 bits per heavy atom. The normalized spacial score (nSPS) is 14.5. The Morgan fingerprint density at radius 3 is 2.48 bits per heavy atom. The van der Waals surface area contributed by atoms with E-state index >= 15 is 0 Å². The number of aliphatic hydroxyl groups is 1. The first-order valence-electron chi connectivity index (χ1n) is 10.3. The van der Waals surface area contributed by atoms with Crippen LogP contribution in [0.4, 0.5) is 5.95 Å². The van der Waals surface area contributed by atoms with E-state index in [1.807, 2.05) is 60.8 Å². The number of fused-ring (bicyclic) bond motifs is 1. The number of piperidine rings is 1. The zero-order chi connectivity index (χ0) is 21.2. The van der Waals surface area contributed by atoms with Crippen LogP contribution in [0.2, 0.25) is 5.02 Å². The van der Waals surface area contributed by atoms with Gasteiger partial charge in [-0.25, -0.2) is 9.97 Å². The Hall–Kier alpha value is -3.33. The predicted octanol–water partition coefficient (Wildman–Crippen LogP) is 4.64. The van der Waals surface area contributed by atoms with Crippen molar-refractivity contribution < 1.29 is 5.11 Å². The molecule has 0 bridgehead atoms. The summed E-state index contributed by atoms with van der Waals surface area (Å²) in [7, 11) is 0. The number of imidazole rings is 1. The Balaban J connectivity index is 1.33. The second-order valence-corrected chi connectivity index (χ2v) is 8.14. The van der Waals surface area contributed by atoms with Crippen LogP contribution >= 0.6 is 11.6 Å². The van der Waals surface area contributed by atoms with Crippen LogP contribution in [0.15, 0.2) is 60.8 Å². The average molecular weight is 429 g/mol. The van der Waals surface area contributed by atoms with Gasteiger partial charge in [-0.2, -0.15) is 0 Å². The quantitative estimate of drug-likeness (QED) is 0.456. The summed E-state index contributed by atoms with van der Waals surface area (Å²) in [5.74, 6) is 7.17. The largest absolute Gasteiger partial charge is 0.393 e. The lowest BCUT2D eigenvalue weighted by molar-refractivity contribution is 0.145. The summed E-state index contributed by atoms with van der Waals surface area (Å²) in [6, 6.07) is 17.6. The Morgan fingerprint density at radius 2 is 1.74 bits per heavy atom. The fourth-order valence-corrected chi connectivity index (χ4v) is 3.84. The molecule has 1 saturated heterocycles. The number of nitrogens with zero attached hydrogens (tertiary/aromatic N) is 3. The van der Waals surface area contributed by atoms with Crippen molar-refractivity contribution in [3.63, 3.8) is 0 Å². The van der Waals surface area contributed by atoms with E-state index in [1.54, 1.807) is 0 Å². The summed E-state index contributed by atoms with van der Waals surface area (Å²) in [6.07, 6.45) is 3.18. The van der Waals surface area contributed by atoms with Gasteiger partial charge in [-0.15, -0.1) is 0 Å². The minimum absolute atomic E-state index is 0.198. The fraction of sp³-hybridized carbons (Fsp3) is 0.200. The first-order chi connectivity index (χ1) is 15.1. The molecule has 2 aromatic heterocycles. The van der Waals surface area contributed by atoms with Gasteiger partial charge in [-0.05, 0) is 60.7 Å². The van der Waals surface area contributed by atoms with Gasteiger partial charge in [0.2, 0.25) is 5.95 Å². The van der Waals surface area contributed by atoms with E-state index in [-0.39, 0.29) is 6.10 Å². The highest BCUT2D eigenvalue weighted by atomic mass is 35.5. The van der Waals surface area contributed by atoms with E-state index in [2.05, 4.69) is 26.7 Å². The fourth-order valence-electron chi connectivity index (χ4n) is 3.71. The lowest BCUT2D eigenvalue weighted by Gasteiger charge is -2.29. The van der Waals surface area contributed by atoms with E-state index < -0.39 is 0 Å². The number of nitrogens with one attached hydrogen (secondary N) is 1. The van der Waals surface area contributed by atoms with Crippen LogP contribution in [-0.4, -0.2) is 39.3 Å². The topological polar surface area (TPSA) is 65.0 Å². The van der Waals surface area contributed by atoms with Crippen molar-refractivity contribution in [3.05, 3.63) is 77.1 Å². The first-order valence-corrected chi connectivity index (χ1v) is 10.7. The van der Waals surface area contributed by atoms with Crippen LogP contribution in [0.3, 0.4) is 0 Å². The van der Waals surface area contributed by atoms with Gasteiger partial charge in [0.1, 0.15) is 5.69 Å². The second kappa shape index (κ2) is 8.43.